The number of phosphoric acid groups is 1. The average Bonchev–Trinajstić information content (AvgIpc) is 2.15. The Hall–Kier alpha value is -1.27. The Kier molecular flexibility index (Phi) is 3.77. The highest BCUT2D eigenvalue weighted by molar-refractivity contribution is 7.43. The molecule has 0 aliphatic carbocycles. The van der Waals surface area contributed by atoms with Gasteiger partial charge >= 0.3 is 0 Å². The van der Waals surface area contributed by atoms with Crippen molar-refractivity contribution in [1.29, 1.82) is 0 Å². The van der Waals surface area contributed by atoms with Crippen molar-refractivity contribution in [3.8, 4) is 0 Å². The molecule has 0 fully saturated rings. The number of nitrogens with zero attached hydrogens (tertiary/aromatic N) is 1. The minimum absolute atomic E-state index is 0.0411. The molecule has 0 heterocycles. The Labute approximate surface area is 91.1 Å². The third-order valence-electron chi connectivity index (χ3n) is 1.86. The van der Waals surface area contributed by atoms with Gasteiger partial charge in [0.05, 0.1) is 24.4 Å². The van der Waals surface area contributed by atoms with Crippen LogP contribution in [0.2, 0.25) is 0 Å². The first kappa shape index (κ1) is 12.8. The molecule has 1 unspecified atom stereocenters. The summed E-state index contributed by atoms with van der Waals surface area (Å²) in [5, 5.41) is 10.6. The molecule has 16 heavy (non-hydrogen) atoms. The molecule has 1 aromatic rings. The van der Waals surface area contributed by atoms with Gasteiger partial charge in [0.25, 0.3) is 5.69 Å². The number of para-hydroxylation sites is 1. The highest BCUT2D eigenvalue weighted by Crippen LogP contribution is 2.37. The molecule has 0 bridgehead atoms. The number of phosphoric ester groups is 1. The second kappa shape index (κ2) is 4.71. The fraction of sp³-hybridized carbons (Fsp3) is 0.250. The molecular formula is C8H8NO6P-2. The lowest BCUT2D eigenvalue weighted by molar-refractivity contribution is -0.386. The molecule has 7 nitrogen and oxygen atoms in total. The summed E-state index contributed by atoms with van der Waals surface area (Å²) in [6.45, 7) is 1.25. The SMILES string of the molecule is CC(OP(=O)([O-])[O-])c1ccccc1[N+](=O)[O-]. The van der Waals surface area contributed by atoms with E-state index in [1.807, 2.05) is 0 Å². The predicted octanol–water partition coefficient (Wildman–Crippen LogP) is 0.501. The van der Waals surface area contributed by atoms with Crippen molar-refractivity contribution in [2.24, 2.45) is 0 Å². The normalized spacial score (nSPS) is 13.4. The lowest BCUT2D eigenvalue weighted by Gasteiger charge is -2.31. The van der Waals surface area contributed by atoms with Crippen LogP contribution in [0.15, 0.2) is 24.3 Å². The summed E-state index contributed by atoms with van der Waals surface area (Å²) >= 11 is 0. The number of rotatable bonds is 4. The van der Waals surface area contributed by atoms with Crippen molar-refractivity contribution >= 4 is 13.5 Å². The Morgan fingerprint density at radius 1 is 1.38 bits per heavy atom. The van der Waals surface area contributed by atoms with E-state index in [0.717, 1.165) is 0 Å². The molecule has 0 spiro atoms. The van der Waals surface area contributed by atoms with E-state index in [1.54, 1.807) is 0 Å². The molecule has 88 valence electrons. The standard InChI is InChI=1S/C8H10NO6P/c1-6(15-16(12,13)14)7-4-2-3-5-8(7)9(10)11/h2-6H,1H3,(H2,12,13,14)/p-2. The molecule has 0 amide bonds. The average molecular weight is 245 g/mol. The van der Waals surface area contributed by atoms with Crippen LogP contribution in [0.3, 0.4) is 0 Å². The van der Waals surface area contributed by atoms with Crippen LogP contribution in [0.5, 0.6) is 0 Å². The summed E-state index contributed by atoms with van der Waals surface area (Å²) in [5.41, 5.74) is -0.247. The van der Waals surface area contributed by atoms with Gasteiger partial charge in [-0.2, -0.15) is 0 Å². The van der Waals surface area contributed by atoms with Crippen molar-refractivity contribution < 1.29 is 23.8 Å². The molecule has 0 aliphatic heterocycles. The van der Waals surface area contributed by atoms with Crippen LogP contribution < -0.4 is 9.79 Å². The van der Waals surface area contributed by atoms with E-state index in [9.17, 15) is 24.5 Å². The Morgan fingerprint density at radius 2 is 1.94 bits per heavy atom. The minimum Gasteiger partial charge on any atom is -0.790 e. The molecule has 0 aliphatic rings. The summed E-state index contributed by atoms with van der Waals surface area (Å²) < 4.78 is 14.5. The van der Waals surface area contributed by atoms with Crippen LogP contribution in [0.4, 0.5) is 5.69 Å². The highest BCUT2D eigenvalue weighted by Gasteiger charge is 2.19. The zero-order chi connectivity index (χ0) is 12.3. The van der Waals surface area contributed by atoms with E-state index >= 15 is 0 Å². The fourth-order valence-electron chi connectivity index (χ4n) is 1.25. The second-order valence-electron chi connectivity index (χ2n) is 3.01. The quantitative estimate of drug-likeness (QED) is 0.433. The third kappa shape index (κ3) is 3.39. The predicted molar refractivity (Wildman–Crippen MR) is 50.2 cm³/mol. The lowest BCUT2D eigenvalue weighted by atomic mass is 10.1. The molecule has 0 saturated heterocycles. The number of nitro groups is 1. The monoisotopic (exact) mass is 245 g/mol. The Morgan fingerprint density at radius 3 is 2.44 bits per heavy atom. The van der Waals surface area contributed by atoms with Gasteiger partial charge in [0.2, 0.25) is 0 Å². The van der Waals surface area contributed by atoms with Gasteiger partial charge in [-0.1, -0.05) is 12.1 Å². The van der Waals surface area contributed by atoms with Gasteiger partial charge in [-0.25, -0.2) is 0 Å². The summed E-state index contributed by atoms with van der Waals surface area (Å²) in [5.74, 6) is 0. The molecule has 1 rings (SSSR count). The second-order valence-corrected chi connectivity index (χ2v) is 4.12. The van der Waals surface area contributed by atoms with Gasteiger partial charge in [-0.05, 0) is 13.0 Å². The first-order chi connectivity index (χ1) is 7.31. The van der Waals surface area contributed by atoms with E-state index < -0.39 is 18.8 Å². The van der Waals surface area contributed by atoms with Crippen LogP contribution in [0.25, 0.3) is 0 Å². The van der Waals surface area contributed by atoms with Crippen LogP contribution in [-0.4, -0.2) is 4.92 Å². The van der Waals surface area contributed by atoms with E-state index in [-0.39, 0.29) is 11.3 Å². The molecule has 1 atom stereocenters. The maximum absolute atomic E-state index is 10.6. The van der Waals surface area contributed by atoms with Crippen LogP contribution >= 0.6 is 7.82 Å². The van der Waals surface area contributed by atoms with Gasteiger partial charge in [0, 0.05) is 6.07 Å². The largest absolute Gasteiger partial charge is 0.790 e. The van der Waals surface area contributed by atoms with Crippen molar-refractivity contribution in [1.82, 2.24) is 0 Å². The van der Waals surface area contributed by atoms with E-state index in [1.165, 1.54) is 31.2 Å². The summed E-state index contributed by atoms with van der Waals surface area (Å²) in [7, 11) is -5.16. The summed E-state index contributed by atoms with van der Waals surface area (Å²) in [6.07, 6.45) is -1.18. The highest BCUT2D eigenvalue weighted by atomic mass is 31.2. The van der Waals surface area contributed by atoms with Gasteiger partial charge in [-0.3, -0.25) is 10.1 Å². The summed E-state index contributed by atoms with van der Waals surface area (Å²) in [6, 6.07) is 5.46. The molecule has 1 aromatic carbocycles. The maximum Gasteiger partial charge on any atom is 0.275 e. The molecule has 8 heteroatoms. The molecule has 0 N–H and O–H groups in total. The molecular weight excluding hydrogens is 237 g/mol. The zero-order valence-corrected chi connectivity index (χ0v) is 9.13. The third-order valence-corrected chi connectivity index (χ3v) is 2.43. The topological polar surface area (TPSA) is 116 Å². The van der Waals surface area contributed by atoms with Gasteiger partial charge in [0.1, 0.15) is 0 Å². The summed E-state index contributed by atoms with van der Waals surface area (Å²) in [4.78, 5) is 30.7. The van der Waals surface area contributed by atoms with Crippen LogP contribution in [0, 0.1) is 10.1 Å². The molecule has 0 saturated carbocycles. The first-order valence-electron chi connectivity index (χ1n) is 4.25. The zero-order valence-electron chi connectivity index (χ0n) is 8.23. The number of hydrogen-bond acceptors (Lipinski definition) is 6. The van der Waals surface area contributed by atoms with Gasteiger partial charge in [0.15, 0.2) is 0 Å². The van der Waals surface area contributed by atoms with Crippen LogP contribution in [0.1, 0.15) is 18.6 Å². The Balaban J connectivity index is 3.04. The van der Waals surface area contributed by atoms with E-state index in [2.05, 4.69) is 4.52 Å². The lowest BCUT2D eigenvalue weighted by Crippen LogP contribution is -2.18. The number of benzene rings is 1. The van der Waals surface area contributed by atoms with Crippen molar-refractivity contribution in [2.75, 3.05) is 0 Å². The maximum atomic E-state index is 10.6. The van der Waals surface area contributed by atoms with Crippen molar-refractivity contribution in [3.63, 3.8) is 0 Å². The number of nitro benzene ring substituents is 1. The van der Waals surface area contributed by atoms with E-state index in [4.69, 9.17) is 0 Å². The van der Waals surface area contributed by atoms with Crippen molar-refractivity contribution in [3.05, 3.63) is 39.9 Å². The van der Waals surface area contributed by atoms with Crippen LogP contribution in [-0.2, 0) is 9.09 Å². The Bertz CT molecular complexity index is 442. The van der Waals surface area contributed by atoms with Gasteiger partial charge < -0.3 is 18.9 Å². The molecule has 0 aromatic heterocycles. The van der Waals surface area contributed by atoms with Crippen molar-refractivity contribution in [2.45, 2.75) is 13.0 Å². The fourth-order valence-corrected chi connectivity index (χ4v) is 1.75. The smallest absolute Gasteiger partial charge is 0.275 e. The first-order valence-corrected chi connectivity index (χ1v) is 5.71. The van der Waals surface area contributed by atoms with Gasteiger partial charge in [-0.15, -0.1) is 0 Å². The molecule has 0 radical (unpaired) electrons. The van der Waals surface area contributed by atoms with E-state index in [0.29, 0.717) is 0 Å². The minimum atomic E-state index is -5.16. The number of hydrogen-bond donors (Lipinski definition) is 0.